The van der Waals surface area contributed by atoms with Gasteiger partial charge in [-0.1, -0.05) is 85.1 Å². The Balaban J connectivity index is 0.000000261. The number of hydrogen-bond acceptors (Lipinski definition) is 0. The quantitative estimate of drug-likeness (QED) is 0.480. The van der Waals surface area contributed by atoms with Crippen molar-refractivity contribution in [2.45, 2.75) is 36.3 Å². The van der Waals surface area contributed by atoms with Crippen LogP contribution in [0.4, 0.5) is 25.9 Å². The van der Waals surface area contributed by atoms with E-state index in [4.69, 9.17) is 0 Å². The topological polar surface area (TPSA) is 0 Å². The first kappa shape index (κ1) is 27.5. The fourth-order valence-corrected chi connectivity index (χ4v) is 3.43. The van der Waals surface area contributed by atoms with Gasteiger partial charge in [-0.3, -0.25) is 0 Å². The number of rotatable bonds is 4. The van der Waals surface area contributed by atoms with E-state index < -0.39 is 25.6 Å². The van der Waals surface area contributed by atoms with Gasteiger partial charge in [0.1, 0.15) is 0 Å². The SMILES string of the molecule is F[B-](F)(F)[C@@H]1C[C@H]1c1ccccc1.F[B-](F)(F)[C@H]1C[C@@H]1c1ccccc1.[K+].[K+]. The van der Waals surface area contributed by atoms with Gasteiger partial charge in [0.25, 0.3) is 0 Å². The third-order valence-corrected chi connectivity index (χ3v) is 5.11. The molecule has 2 saturated carbocycles. The molecule has 0 aliphatic heterocycles. The van der Waals surface area contributed by atoms with Crippen LogP contribution in [0.5, 0.6) is 0 Å². The maximum atomic E-state index is 12.2. The fourth-order valence-electron chi connectivity index (χ4n) is 3.43. The van der Waals surface area contributed by atoms with Crippen LogP contribution < -0.4 is 103 Å². The Hall–Kier alpha value is 1.42. The van der Waals surface area contributed by atoms with Gasteiger partial charge in [-0.05, 0) is 23.0 Å². The van der Waals surface area contributed by atoms with Gasteiger partial charge in [0.05, 0.1) is 0 Å². The summed E-state index contributed by atoms with van der Waals surface area (Å²) in [6.45, 7) is -9.25. The van der Waals surface area contributed by atoms with Crippen molar-refractivity contribution in [3.63, 3.8) is 0 Å². The Morgan fingerprint density at radius 1 is 0.536 bits per heavy atom. The van der Waals surface area contributed by atoms with Crippen LogP contribution in [0.1, 0.15) is 35.8 Å². The van der Waals surface area contributed by atoms with Crippen LogP contribution in [-0.2, 0) is 0 Å². The summed E-state index contributed by atoms with van der Waals surface area (Å²) in [6.07, 6.45) is 0.570. The molecule has 0 bridgehead atoms. The molecule has 2 aliphatic rings. The Kier molecular flexibility index (Phi) is 11.1. The monoisotopic (exact) mass is 448 g/mol. The molecule has 0 N–H and O–H groups in total. The van der Waals surface area contributed by atoms with Crippen LogP contribution in [0.2, 0.25) is 11.6 Å². The molecule has 0 heterocycles. The van der Waals surface area contributed by atoms with Crippen LogP contribution >= 0.6 is 0 Å². The average molecular weight is 448 g/mol. The molecule has 0 amide bonds. The summed E-state index contributed by atoms with van der Waals surface area (Å²) in [5.74, 6) is -2.60. The van der Waals surface area contributed by atoms with E-state index in [-0.39, 0.29) is 127 Å². The van der Waals surface area contributed by atoms with E-state index >= 15 is 0 Å². The van der Waals surface area contributed by atoms with Crippen molar-refractivity contribution in [2.24, 2.45) is 0 Å². The first-order chi connectivity index (χ1) is 12.2. The molecular weight excluding hydrogens is 430 g/mol. The van der Waals surface area contributed by atoms with Crippen molar-refractivity contribution in [1.29, 1.82) is 0 Å². The third kappa shape index (κ3) is 7.84. The molecule has 2 fully saturated rings. The van der Waals surface area contributed by atoms with Gasteiger partial charge < -0.3 is 25.9 Å². The summed E-state index contributed by atoms with van der Waals surface area (Å²) in [5.41, 5.74) is 1.65. The van der Waals surface area contributed by atoms with E-state index in [1.165, 1.54) is 0 Å². The first-order valence-electron chi connectivity index (χ1n) is 8.67. The predicted octanol–water partition coefficient (Wildman–Crippen LogP) is 0.791. The van der Waals surface area contributed by atoms with E-state index in [0.717, 1.165) is 11.1 Å². The van der Waals surface area contributed by atoms with Gasteiger partial charge in [0.15, 0.2) is 0 Å². The molecule has 4 atom stereocenters. The van der Waals surface area contributed by atoms with E-state index in [9.17, 15) is 25.9 Å². The second kappa shape index (κ2) is 11.3. The molecule has 2 aromatic carbocycles. The summed E-state index contributed by atoms with van der Waals surface area (Å²) in [5, 5.41) is 0. The molecule has 0 spiro atoms. The minimum atomic E-state index is -4.62. The molecule has 2 aliphatic carbocycles. The smallest absolute Gasteiger partial charge is 0.449 e. The van der Waals surface area contributed by atoms with Crippen LogP contribution in [-0.4, -0.2) is 14.0 Å². The van der Waals surface area contributed by atoms with E-state index in [2.05, 4.69) is 0 Å². The van der Waals surface area contributed by atoms with Crippen LogP contribution in [0.15, 0.2) is 60.7 Å². The van der Waals surface area contributed by atoms with Crippen molar-refractivity contribution in [3.8, 4) is 0 Å². The Morgan fingerprint density at radius 3 is 1.04 bits per heavy atom. The minimum absolute atomic E-state index is 0. The summed E-state index contributed by atoms with van der Waals surface area (Å²) < 4.78 is 73.4. The van der Waals surface area contributed by atoms with Gasteiger partial charge in [-0.15, -0.1) is 0 Å². The molecule has 0 nitrogen and oxygen atoms in total. The molecule has 0 radical (unpaired) electrons. The molecule has 0 unspecified atom stereocenters. The van der Waals surface area contributed by atoms with Crippen molar-refractivity contribution in [2.75, 3.05) is 0 Å². The van der Waals surface area contributed by atoms with E-state index in [0.29, 0.717) is 0 Å². The molecule has 0 saturated heterocycles. The number of benzene rings is 2. The normalized spacial score (nSPS) is 25.4. The van der Waals surface area contributed by atoms with Crippen molar-refractivity contribution >= 4 is 14.0 Å². The maximum Gasteiger partial charge on any atom is 1.00 e. The maximum absolute atomic E-state index is 12.2. The first-order valence-corrected chi connectivity index (χ1v) is 8.67. The van der Waals surface area contributed by atoms with Crippen LogP contribution in [0.25, 0.3) is 0 Å². The summed E-state index contributed by atoms with van der Waals surface area (Å²) in [6, 6.07) is 17.9. The molecule has 0 aromatic heterocycles. The minimum Gasteiger partial charge on any atom is -0.449 e. The summed E-state index contributed by atoms with van der Waals surface area (Å²) >= 11 is 0. The number of halogens is 6. The largest absolute Gasteiger partial charge is 1.00 e. The van der Waals surface area contributed by atoms with Crippen LogP contribution in [0.3, 0.4) is 0 Å². The summed E-state index contributed by atoms with van der Waals surface area (Å²) in [7, 11) is 0. The van der Waals surface area contributed by atoms with Crippen LogP contribution in [0, 0.1) is 0 Å². The fraction of sp³-hybridized carbons (Fsp3) is 0.333. The second-order valence-electron chi connectivity index (χ2n) is 7.08. The zero-order chi connectivity index (χ0) is 18.9. The molecule has 4 rings (SSSR count). The van der Waals surface area contributed by atoms with Gasteiger partial charge in [0, 0.05) is 0 Å². The number of hydrogen-bond donors (Lipinski definition) is 0. The predicted molar refractivity (Wildman–Crippen MR) is 93.3 cm³/mol. The standard InChI is InChI=1S/2C9H9BF3.2K/c2*11-10(12,13)9-6-8(9)7-4-2-1-3-5-7;;/h2*1-5,8-9H,6H2;;/q2*-1;2*+1/t2*8-,9+;;/m10../s1. The molecule has 140 valence electrons. The third-order valence-electron chi connectivity index (χ3n) is 5.11. The van der Waals surface area contributed by atoms with E-state index in [1.807, 2.05) is 12.1 Å². The van der Waals surface area contributed by atoms with Crippen molar-refractivity contribution < 1.29 is 129 Å². The Morgan fingerprint density at radius 2 is 0.821 bits per heavy atom. The molecular formula is C18H18B2F6K2. The molecule has 2 aromatic rings. The van der Waals surface area contributed by atoms with Gasteiger partial charge in [-0.25, -0.2) is 0 Å². The zero-order valence-electron chi connectivity index (χ0n) is 15.9. The summed E-state index contributed by atoms with van der Waals surface area (Å²) in [4.78, 5) is 0. The molecule has 10 heteroatoms. The van der Waals surface area contributed by atoms with Crippen molar-refractivity contribution in [1.82, 2.24) is 0 Å². The van der Waals surface area contributed by atoms with E-state index in [1.54, 1.807) is 48.5 Å². The molecule has 28 heavy (non-hydrogen) atoms. The Bertz CT molecular complexity index is 661. The zero-order valence-corrected chi connectivity index (χ0v) is 22.2. The van der Waals surface area contributed by atoms with Gasteiger partial charge >= 0.3 is 117 Å². The van der Waals surface area contributed by atoms with Gasteiger partial charge in [0.2, 0.25) is 0 Å². The average Bonchev–Trinajstić information content (AvgIpc) is 3.48. The van der Waals surface area contributed by atoms with Gasteiger partial charge in [-0.2, -0.15) is 0 Å². The van der Waals surface area contributed by atoms with Crippen molar-refractivity contribution in [3.05, 3.63) is 71.8 Å². The second-order valence-corrected chi connectivity index (χ2v) is 7.08. The Labute approximate surface area is 246 Å².